The van der Waals surface area contributed by atoms with Gasteiger partial charge < -0.3 is 10.4 Å². The molecule has 0 bridgehead atoms. The minimum absolute atomic E-state index is 0.0183. The number of nitrogens with one attached hydrogen (secondary N) is 1. The first-order chi connectivity index (χ1) is 9.82. The van der Waals surface area contributed by atoms with Gasteiger partial charge in [-0.3, -0.25) is 0 Å². The molecule has 1 aromatic carbocycles. The molecule has 1 fully saturated rings. The summed E-state index contributed by atoms with van der Waals surface area (Å²) in [6.45, 7) is 0. The number of halogens is 3. The monoisotopic (exact) mass is 296 g/mol. The molecule has 1 aliphatic rings. The Hall–Kier alpha value is -2.31. The lowest BCUT2D eigenvalue weighted by atomic mass is 10.1. The first kappa shape index (κ1) is 13.7. The van der Waals surface area contributed by atoms with Crippen LogP contribution in [0.1, 0.15) is 23.3 Å². The van der Waals surface area contributed by atoms with Gasteiger partial charge >= 0.3 is 12.1 Å². The maximum absolute atomic E-state index is 13.0. The number of para-hydroxylation sites is 1. The van der Waals surface area contributed by atoms with E-state index in [1.54, 1.807) is 24.3 Å². The van der Waals surface area contributed by atoms with E-state index in [2.05, 4.69) is 10.3 Å². The molecule has 0 atom stereocenters. The van der Waals surface area contributed by atoms with Crippen LogP contribution in [0.25, 0.3) is 10.9 Å². The van der Waals surface area contributed by atoms with Crippen molar-refractivity contribution in [2.75, 3.05) is 5.32 Å². The van der Waals surface area contributed by atoms with E-state index in [1.807, 2.05) is 0 Å². The Balaban J connectivity index is 2.11. The lowest BCUT2D eigenvalue weighted by Gasteiger charge is -2.23. The summed E-state index contributed by atoms with van der Waals surface area (Å²) in [6, 6.07) is 7.66. The van der Waals surface area contributed by atoms with Crippen LogP contribution in [0.5, 0.6) is 0 Å². The van der Waals surface area contributed by atoms with Crippen molar-refractivity contribution in [3.63, 3.8) is 0 Å². The van der Waals surface area contributed by atoms with Crippen LogP contribution in [0.3, 0.4) is 0 Å². The van der Waals surface area contributed by atoms with Gasteiger partial charge in [-0.15, -0.1) is 0 Å². The summed E-state index contributed by atoms with van der Waals surface area (Å²) in [7, 11) is 0. The molecule has 110 valence electrons. The highest BCUT2D eigenvalue weighted by Gasteiger charge is 2.63. The van der Waals surface area contributed by atoms with E-state index in [9.17, 15) is 18.0 Å². The molecule has 2 N–H and O–H groups in total. The average Bonchev–Trinajstić information content (AvgIpc) is 3.19. The standard InChI is InChI=1S/C14H11F3N2O2/c15-14(16,17)13(5-6-13)19-10-7-11(12(20)21)18-9-4-2-1-3-8(9)10/h1-4,7H,5-6H2,(H,18,19)(H,20,21). The summed E-state index contributed by atoms with van der Waals surface area (Å²) in [5.74, 6) is -1.28. The second-order valence-corrected chi connectivity index (χ2v) is 5.08. The van der Waals surface area contributed by atoms with Crippen LogP contribution in [-0.2, 0) is 0 Å². The van der Waals surface area contributed by atoms with Gasteiger partial charge in [-0.1, -0.05) is 18.2 Å². The van der Waals surface area contributed by atoms with Crippen LogP contribution < -0.4 is 5.32 Å². The second-order valence-electron chi connectivity index (χ2n) is 5.08. The van der Waals surface area contributed by atoms with E-state index in [0.717, 1.165) is 6.07 Å². The van der Waals surface area contributed by atoms with Gasteiger partial charge in [0.05, 0.1) is 5.52 Å². The SMILES string of the molecule is O=C(O)c1cc(NC2(C(F)(F)F)CC2)c2ccccc2n1. The normalized spacial score (nSPS) is 16.7. The number of aromatic carboxylic acids is 1. The van der Waals surface area contributed by atoms with Crippen molar-refractivity contribution in [2.45, 2.75) is 24.6 Å². The van der Waals surface area contributed by atoms with Crippen LogP contribution in [0.15, 0.2) is 30.3 Å². The molecule has 7 heteroatoms. The van der Waals surface area contributed by atoms with Gasteiger partial charge in [0.2, 0.25) is 0 Å². The lowest BCUT2D eigenvalue weighted by molar-refractivity contribution is -0.151. The molecule has 0 amide bonds. The number of hydrogen-bond donors (Lipinski definition) is 2. The maximum Gasteiger partial charge on any atom is 0.411 e. The molecule has 0 unspecified atom stereocenters. The predicted octanol–water partition coefficient (Wildman–Crippen LogP) is 3.44. The number of pyridine rings is 1. The summed E-state index contributed by atoms with van der Waals surface area (Å²) < 4.78 is 39.1. The largest absolute Gasteiger partial charge is 0.477 e. The third-order valence-electron chi connectivity index (χ3n) is 3.60. The van der Waals surface area contributed by atoms with Crippen molar-refractivity contribution < 1.29 is 23.1 Å². The Kier molecular flexibility index (Phi) is 2.82. The van der Waals surface area contributed by atoms with Crippen LogP contribution in [0.2, 0.25) is 0 Å². The van der Waals surface area contributed by atoms with Gasteiger partial charge in [0, 0.05) is 11.1 Å². The van der Waals surface area contributed by atoms with Gasteiger partial charge in [-0.05, 0) is 25.0 Å². The van der Waals surface area contributed by atoms with E-state index in [1.165, 1.54) is 0 Å². The summed E-state index contributed by atoms with van der Waals surface area (Å²) in [5.41, 5.74) is -1.74. The Morgan fingerprint density at radius 1 is 1.29 bits per heavy atom. The fraction of sp³-hybridized carbons (Fsp3) is 0.286. The number of aromatic nitrogens is 1. The van der Waals surface area contributed by atoms with Crippen molar-refractivity contribution in [1.29, 1.82) is 0 Å². The number of anilines is 1. The number of nitrogens with zero attached hydrogens (tertiary/aromatic N) is 1. The zero-order valence-corrected chi connectivity index (χ0v) is 10.7. The van der Waals surface area contributed by atoms with E-state index in [0.29, 0.717) is 10.9 Å². The Morgan fingerprint density at radius 3 is 2.52 bits per heavy atom. The highest BCUT2D eigenvalue weighted by molar-refractivity contribution is 5.97. The number of alkyl halides is 3. The number of rotatable bonds is 3. The number of hydrogen-bond acceptors (Lipinski definition) is 3. The molecule has 1 saturated carbocycles. The third-order valence-corrected chi connectivity index (χ3v) is 3.60. The van der Waals surface area contributed by atoms with Gasteiger partial charge in [0.25, 0.3) is 0 Å². The Bertz CT molecular complexity index is 724. The summed E-state index contributed by atoms with van der Waals surface area (Å²) in [4.78, 5) is 15.0. The topological polar surface area (TPSA) is 62.2 Å². The molecule has 0 spiro atoms. The van der Waals surface area contributed by atoms with Gasteiger partial charge in [-0.2, -0.15) is 13.2 Å². The van der Waals surface area contributed by atoms with Gasteiger partial charge in [0.15, 0.2) is 5.69 Å². The highest BCUT2D eigenvalue weighted by Crippen LogP contribution is 2.51. The number of carbonyl (C=O) groups is 1. The van der Waals surface area contributed by atoms with Crippen molar-refractivity contribution in [2.24, 2.45) is 0 Å². The molecule has 0 aliphatic heterocycles. The average molecular weight is 296 g/mol. The summed E-state index contributed by atoms with van der Waals surface area (Å²) in [6.07, 6.45) is -4.41. The smallest absolute Gasteiger partial charge is 0.411 e. The van der Waals surface area contributed by atoms with Crippen LogP contribution in [-0.4, -0.2) is 27.8 Å². The number of benzene rings is 1. The fourth-order valence-corrected chi connectivity index (χ4v) is 2.25. The van der Waals surface area contributed by atoms with E-state index in [-0.39, 0.29) is 24.2 Å². The predicted molar refractivity (Wildman–Crippen MR) is 70.3 cm³/mol. The molecule has 1 aromatic heterocycles. The molecule has 3 rings (SSSR count). The Labute approximate surface area is 117 Å². The number of carboxylic acid groups (broad SMARTS) is 1. The molecule has 1 heterocycles. The quantitative estimate of drug-likeness (QED) is 0.910. The molecular weight excluding hydrogens is 285 g/mol. The van der Waals surface area contributed by atoms with Crippen molar-refractivity contribution >= 4 is 22.6 Å². The summed E-state index contributed by atoms with van der Waals surface area (Å²) in [5, 5.41) is 12.0. The lowest BCUT2D eigenvalue weighted by Crippen LogP contribution is -2.38. The second kappa shape index (κ2) is 4.34. The van der Waals surface area contributed by atoms with E-state index < -0.39 is 17.7 Å². The molecular formula is C14H11F3N2O2. The molecule has 0 saturated heterocycles. The first-order valence-electron chi connectivity index (χ1n) is 6.30. The molecule has 21 heavy (non-hydrogen) atoms. The minimum atomic E-state index is -4.37. The Morgan fingerprint density at radius 2 is 1.95 bits per heavy atom. The fourth-order valence-electron chi connectivity index (χ4n) is 2.25. The first-order valence-corrected chi connectivity index (χ1v) is 6.30. The third kappa shape index (κ3) is 2.28. The minimum Gasteiger partial charge on any atom is -0.477 e. The van der Waals surface area contributed by atoms with E-state index >= 15 is 0 Å². The van der Waals surface area contributed by atoms with Crippen LogP contribution in [0.4, 0.5) is 18.9 Å². The zero-order valence-electron chi connectivity index (χ0n) is 10.7. The van der Waals surface area contributed by atoms with Crippen molar-refractivity contribution in [3.8, 4) is 0 Å². The molecule has 2 aromatic rings. The molecule has 1 aliphatic carbocycles. The molecule has 0 radical (unpaired) electrons. The summed E-state index contributed by atoms with van der Waals surface area (Å²) >= 11 is 0. The molecule has 4 nitrogen and oxygen atoms in total. The van der Waals surface area contributed by atoms with Gasteiger partial charge in [-0.25, -0.2) is 9.78 Å². The van der Waals surface area contributed by atoms with Crippen molar-refractivity contribution in [3.05, 3.63) is 36.0 Å². The van der Waals surface area contributed by atoms with E-state index in [4.69, 9.17) is 5.11 Å². The highest BCUT2D eigenvalue weighted by atomic mass is 19.4. The van der Waals surface area contributed by atoms with Crippen LogP contribution >= 0.6 is 0 Å². The number of fused-ring (bicyclic) bond motifs is 1. The zero-order chi connectivity index (χ0) is 15.3. The maximum atomic E-state index is 13.0. The van der Waals surface area contributed by atoms with Crippen LogP contribution in [0, 0.1) is 0 Å². The van der Waals surface area contributed by atoms with Gasteiger partial charge in [0.1, 0.15) is 5.54 Å². The van der Waals surface area contributed by atoms with Crippen molar-refractivity contribution in [1.82, 2.24) is 4.98 Å². The number of carboxylic acids is 1.